The smallest absolute Gasteiger partial charge is 0.315 e. The molecule has 0 radical (unpaired) electrons. The summed E-state index contributed by atoms with van der Waals surface area (Å²) < 4.78 is 5.08. The zero-order chi connectivity index (χ0) is 13.7. The lowest BCUT2D eigenvalue weighted by Gasteiger charge is -2.20. The molecule has 0 aromatic heterocycles. The maximum atomic E-state index is 11.7. The summed E-state index contributed by atoms with van der Waals surface area (Å²) in [5.41, 5.74) is 0. The third-order valence-corrected chi connectivity index (χ3v) is 2.92. The van der Waals surface area contributed by atoms with Gasteiger partial charge in [-0.3, -0.25) is 4.79 Å². The fraction of sp³-hybridized carbons (Fsp3) is 0.833. The Kier molecular flexibility index (Phi) is 5.40. The first-order chi connectivity index (χ1) is 8.40. The summed E-state index contributed by atoms with van der Waals surface area (Å²) in [6.07, 6.45) is 0.886. The van der Waals surface area contributed by atoms with Gasteiger partial charge in [0.05, 0.1) is 19.3 Å². The largest absolute Gasteiger partial charge is 0.481 e. The Morgan fingerprint density at radius 1 is 1.33 bits per heavy atom. The van der Waals surface area contributed by atoms with Crippen molar-refractivity contribution in [1.29, 1.82) is 0 Å². The van der Waals surface area contributed by atoms with Gasteiger partial charge in [0.1, 0.15) is 5.92 Å². The number of nitrogens with one attached hydrogen (secondary N) is 2. The summed E-state index contributed by atoms with van der Waals surface area (Å²) in [7, 11) is 0. The van der Waals surface area contributed by atoms with Crippen molar-refractivity contribution in [2.75, 3.05) is 13.2 Å². The topological polar surface area (TPSA) is 87.7 Å². The second kappa shape index (κ2) is 6.58. The first-order valence-corrected chi connectivity index (χ1v) is 6.27. The predicted molar refractivity (Wildman–Crippen MR) is 66.3 cm³/mol. The number of aliphatic carboxylic acids is 1. The van der Waals surface area contributed by atoms with E-state index in [2.05, 4.69) is 24.5 Å². The lowest BCUT2D eigenvalue weighted by Crippen LogP contribution is -2.49. The molecular formula is C12H22N2O4. The lowest BCUT2D eigenvalue weighted by atomic mass is 10.0. The van der Waals surface area contributed by atoms with Crippen molar-refractivity contribution in [2.45, 2.75) is 39.3 Å². The van der Waals surface area contributed by atoms with E-state index in [0.29, 0.717) is 5.92 Å². The summed E-state index contributed by atoms with van der Waals surface area (Å²) in [6.45, 7) is 6.51. The number of amides is 2. The molecule has 0 aliphatic carbocycles. The molecule has 1 heterocycles. The Morgan fingerprint density at radius 3 is 2.56 bits per heavy atom. The Hall–Kier alpha value is -1.30. The number of carboxylic acid groups (broad SMARTS) is 1. The molecule has 6 nitrogen and oxygen atoms in total. The van der Waals surface area contributed by atoms with Crippen LogP contribution in [0.1, 0.15) is 27.2 Å². The molecule has 1 fully saturated rings. The minimum Gasteiger partial charge on any atom is -0.481 e. The average molecular weight is 258 g/mol. The van der Waals surface area contributed by atoms with Gasteiger partial charge >= 0.3 is 12.0 Å². The number of carbonyl (C=O) groups is 2. The minimum absolute atomic E-state index is 0.0654. The van der Waals surface area contributed by atoms with E-state index in [1.165, 1.54) is 0 Å². The van der Waals surface area contributed by atoms with Crippen LogP contribution in [0.15, 0.2) is 0 Å². The van der Waals surface area contributed by atoms with Gasteiger partial charge in [-0.25, -0.2) is 4.79 Å². The molecule has 0 aromatic rings. The number of carboxylic acids is 1. The van der Waals surface area contributed by atoms with Crippen LogP contribution in [-0.2, 0) is 9.53 Å². The van der Waals surface area contributed by atoms with Crippen molar-refractivity contribution in [3.8, 4) is 0 Å². The van der Waals surface area contributed by atoms with Gasteiger partial charge in [0.15, 0.2) is 0 Å². The number of rotatable bonds is 5. The van der Waals surface area contributed by atoms with E-state index in [1.54, 1.807) is 0 Å². The standard InChI is InChI=1S/C12H22N2O4/c1-7(2)4-8(3)13-12(17)14-10-6-18-5-9(10)11(15)16/h7-10H,4-6H2,1-3H3,(H,15,16)(H2,13,14,17). The van der Waals surface area contributed by atoms with Crippen molar-refractivity contribution < 1.29 is 19.4 Å². The Labute approximate surface area is 107 Å². The van der Waals surface area contributed by atoms with Crippen LogP contribution in [0.2, 0.25) is 0 Å². The number of hydrogen-bond donors (Lipinski definition) is 3. The molecule has 2 amide bonds. The van der Waals surface area contributed by atoms with Gasteiger partial charge in [-0.2, -0.15) is 0 Å². The van der Waals surface area contributed by atoms with Crippen LogP contribution in [0, 0.1) is 11.8 Å². The fourth-order valence-corrected chi connectivity index (χ4v) is 2.14. The van der Waals surface area contributed by atoms with Crippen LogP contribution in [-0.4, -0.2) is 42.4 Å². The lowest BCUT2D eigenvalue weighted by molar-refractivity contribution is -0.142. The summed E-state index contributed by atoms with van der Waals surface area (Å²) in [5, 5.41) is 14.4. The fourth-order valence-electron chi connectivity index (χ4n) is 2.14. The van der Waals surface area contributed by atoms with Crippen LogP contribution in [0.3, 0.4) is 0 Å². The van der Waals surface area contributed by atoms with E-state index in [9.17, 15) is 9.59 Å². The van der Waals surface area contributed by atoms with Crippen molar-refractivity contribution in [3.05, 3.63) is 0 Å². The van der Waals surface area contributed by atoms with Gasteiger partial charge in [0, 0.05) is 6.04 Å². The first kappa shape index (κ1) is 14.8. The van der Waals surface area contributed by atoms with Crippen molar-refractivity contribution in [2.24, 2.45) is 11.8 Å². The highest BCUT2D eigenvalue weighted by Crippen LogP contribution is 2.13. The highest BCUT2D eigenvalue weighted by Gasteiger charge is 2.35. The Balaban J connectivity index is 2.37. The van der Waals surface area contributed by atoms with Crippen LogP contribution in [0.4, 0.5) is 4.79 Å². The molecule has 1 aliphatic rings. The highest BCUT2D eigenvalue weighted by atomic mass is 16.5. The predicted octanol–water partition coefficient (Wildman–Crippen LogP) is 0.820. The molecule has 104 valence electrons. The molecule has 3 atom stereocenters. The van der Waals surface area contributed by atoms with Gasteiger partial charge in [-0.1, -0.05) is 13.8 Å². The van der Waals surface area contributed by atoms with Gasteiger partial charge in [-0.15, -0.1) is 0 Å². The van der Waals surface area contributed by atoms with Crippen LogP contribution in [0.25, 0.3) is 0 Å². The van der Waals surface area contributed by atoms with Gasteiger partial charge in [0.25, 0.3) is 0 Å². The number of ether oxygens (including phenoxy) is 1. The first-order valence-electron chi connectivity index (χ1n) is 6.27. The third kappa shape index (κ3) is 4.52. The van der Waals surface area contributed by atoms with Gasteiger partial charge in [0.2, 0.25) is 0 Å². The molecule has 1 aliphatic heterocycles. The molecule has 1 rings (SSSR count). The number of hydrogen-bond acceptors (Lipinski definition) is 3. The molecule has 0 saturated carbocycles. The average Bonchev–Trinajstić information content (AvgIpc) is 2.63. The molecule has 0 aromatic carbocycles. The van der Waals surface area contributed by atoms with E-state index in [1.807, 2.05) is 6.92 Å². The van der Waals surface area contributed by atoms with E-state index in [-0.39, 0.29) is 25.3 Å². The zero-order valence-electron chi connectivity index (χ0n) is 11.1. The number of urea groups is 1. The second-order valence-electron chi connectivity index (χ2n) is 5.24. The van der Waals surface area contributed by atoms with Crippen molar-refractivity contribution >= 4 is 12.0 Å². The second-order valence-corrected chi connectivity index (χ2v) is 5.24. The zero-order valence-corrected chi connectivity index (χ0v) is 11.1. The minimum atomic E-state index is -0.937. The molecule has 0 spiro atoms. The summed E-state index contributed by atoms with van der Waals surface area (Å²) >= 11 is 0. The Morgan fingerprint density at radius 2 is 2.00 bits per heavy atom. The highest BCUT2D eigenvalue weighted by molar-refractivity contribution is 5.77. The number of carbonyl (C=O) groups excluding carboxylic acids is 1. The van der Waals surface area contributed by atoms with E-state index < -0.39 is 17.9 Å². The van der Waals surface area contributed by atoms with Crippen molar-refractivity contribution in [3.63, 3.8) is 0 Å². The molecule has 3 N–H and O–H groups in total. The Bertz CT molecular complexity index is 306. The summed E-state index contributed by atoms with van der Waals surface area (Å²) in [5.74, 6) is -1.09. The van der Waals surface area contributed by atoms with E-state index in [0.717, 1.165) is 6.42 Å². The molecular weight excluding hydrogens is 236 g/mol. The molecule has 6 heteroatoms. The normalized spacial score (nSPS) is 24.9. The third-order valence-electron chi connectivity index (χ3n) is 2.92. The summed E-state index contributed by atoms with van der Waals surface area (Å²) in [4.78, 5) is 22.6. The monoisotopic (exact) mass is 258 g/mol. The molecule has 0 bridgehead atoms. The molecule has 1 saturated heterocycles. The van der Waals surface area contributed by atoms with Crippen LogP contribution in [0.5, 0.6) is 0 Å². The maximum Gasteiger partial charge on any atom is 0.315 e. The van der Waals surface area contributed by atoms with Gasteiger partial charge in [-0.05, 0) is 19.3 Å². The van der Waals surface area contributed by atoms with Gasteiger partial charge < -0.3 is 20.5 Å². The summed E-state index contributed by atoms with van der Waals surface area (Å²) in [6, 6.07) is -0.714. The SMILES string of the molecule is CC(C)CC(C)NC(=O)NC1COCC1C(=O)O. The van der Waals surface area contributed by atoms with Crippen LogP contribution >= 0.6 is 0 Å². The quantitative estimate of drug-likeness (QED) is 0.681. The van der Waals surface area contributed by atoms with E-state index >= 15 is 0 Å². The van der Waals surface area contributed by atoms with Crippen molar-refractivity contribution in [1.82, 2.24) is 10.6 Å². The molecule has 18 heavy (non-hydrogen) atoms. The van der Waals surface area contributed by atoms with Crippen LogP contribution < -0.4 is 10.6 Å². The molecule has 3 unspecified atom stereocenters. The van der Waals surface area contributed by atoms with E-state index in [4.69, 9.17) is 9.84 Å². The maximum absolute atomic E-state index is 11.7.